The number of carbonyl (C=O) groups is 2. The molecule has 12 heteroatoms. The van der Waals surface area contributed by atoms with Gasteiger partial charge in [0.15, 0.2) is 0 Å². The van der Waals surface area contributed by atoms with Crippen LogP contribution in [0, 0.1) is 0 Å². The van der Waals surface area contributed by atoms with E-state index in [-0.39, 0.29) is 23.7 Å². The van der Waals surface area contributed by atoms with Crippen molar-refractivity contribution in [1.29, 1.82) is 0 Å². The Morgan fingerprint density at radius 3 is 1.90 bits per heavy atom. The van der Waals surface area contributed by atoms with Gasteiger partial charge in [-0.25, -0.2) is 0 Å². The van der Waals surface area contributed by atoms with Crippen molar-refractivity contribution in [3.8, 4) is 11.1 Å². The molecule has 0 atom stereocenters. The standard InChI is InChI=1S/C14H11BrS2.C11H6Br2OS.C4H8O2S.CO2/c1-2-11-12(9-6-4-3-5-7-9)14-13(17-11)10(15)8-16-14;12-8-6-15-11(9(8)13)10(14)7-4-2-1-3-5-7;1-2-6-4(5)3-7;2-1-3/h3-8H,2H2,1H3;1-6H;7H,2-3H2,1H3;. The average molecular weight is 834 g/mol. The summed E-state index contributed by atoms with van der Waals surface area (Å²) >= 11 is 19.3. The van der Waals surface area contributed by atoms with Crippen LogP contribution >= 0.6 is 94.4 Å². The first kappa shape index (κ1) is 36.3. The highest BCUT2D eigenvalue weighted by Gasteiger charge is 2.17. The number of hydrogen-bond acceptors (Lipinski definition) is 9. The average Bonchev–Trinajstić information content (AvgIpc) is 3.68. The summed E-state index contributed by atoms with van der Waals surface area (Å²) in [4.78, 5) is 40.6. The summed E-state index contributed by atoms with van der Waals surface area (Å²) in [6.45, 7) is 4.44. The number of thiol groups is 1. The van der Waals surface area contributed by atoms with Gasteiger partial charge in [0.25, 0.3) is 0 Å². The second-order valence-electron chi connectivity index (χ2n) is 7.83. The maximum absolute atomic E-state index is 12.0. The van der Waals surface area contributed by atoms with Gasteiger partial charge in [-0.2, -0.15) is 22.2 Å². The Bertz CT molecular complexity index is 1610. The molecule has 0 saturated carbocycles. The zero-order valence-electron chi connectivity index (χ0n) is 22.4. The van der Waals surface area contributed by atoms with E-state index in [1.807, 2.05) is 58.4 Å². The molecule has 3 aromatic heterocycles. The van der Waals surface area contributed by atoms with Gasteiger partial charge in [-0.3, -0.25) is 9.59 Å². The molecule has 0 fully saturated rings. The van der Waals surface area contributed by atoms with Crippen LogP contribution in [0.4, 0.5) is 0 Å². The van der Waals surface area contributed by atoms with Crippen molar-refractivity contribution < 1.29 is 23.9 Å². The molecule has 0 aliphatic heterocycles. The van der Waals surface area contributed by atoms with Crippen molar-refractivity contribution >= 4 is 122 Å². The molecular weight excluding hydrogens is 808 g/mol. The fourth-order valence-corrected chi connectivity index (χ4v) is 8.89. The molecule has 42 heavy (non-hydrogen) atoms. The van der Waals surface area contributed by atoms with Crippen LogP contribution in [0.25, 0.3) is 20.5 Å². The number of ketones is 1. The molecule has 0 aliphatic rings. The van der Waals surface area contributed by atoms with Crippen LogP contribution in [-0.4, -0.2) is 30.3 Å². The molecule has 0 unspecified atom stereocenters. The highest BCUT2D eigenvalue weighted by Crippen LogP contribution is 2.45. The second kappa shape index (κ2) is 19.4. The SMILES string of the molecule is CCOC(=O)CS.CCc1sc2c(Br)csc2c1-c1ccccc1.O=C(c1ccccc1)c1scc(Br)c1Br.O=C=O. The Morgan fingerprint density at radius 1 is 0.857 bits per heavy atom. The van der Waals surface area contributed by atoms with Gasteiger partial charge in [0.05, 0.1) is 31.1 Å². The number of halogens is 3. The van der Waals surface area contributed by atoms with E-state index in [1.54, 1.807) is 6.92 Å². The number of rotatable bonds is 6. The lowest BCUT2D eigenvalue weighted by molar-refractivity contribution is -0.191. The van der Waals surface area contributed by atoms with Gasteiger partial charge < -0.3 is 4.74 Å². The molecule has 0 N–H and O–H groups in total. The van der Waals surface area contributed by atoms with Crippen LogP contribution in [0.5, 0.6) is 0 Å². The molecule has 0 amide bonds. The topological polar surface area (TPSA) is 77.5 Å². The van der Waals surface area contributed by atoms with Crippen molar-refractivity contribution in [3.63, 3.8) is 0 Å². The Hall–Kier alpha value is -1.89. The summed E-state index contributed by atoms with van der Waals surface area (Å²) in [7, 11) is 0. The Morgan fingerprint density at radius 2 is 1.43 bits per heavy atom. The number of hydrogen-bond donors (Lipinski definition) is 1. The van der Waals surface area contributed by atoms with Crippen LogP contribution in [0.2, 0.25) is 0 Å². The third kappa shape index (κ3) is 10.4. The smallest absolute Gasteiger partial charge is 0.373 e. The molecule has 0 bridgehead atoms. The predicted octanol–water partition coefficient (Wildman–Crippen LogP) is 10.4. The van der Waals surface area contributed by atoms with Gasteiger partial charge in [-0.15, -0.1) is 34.0 Å². The largest absolute Gasteiger partial charge is 0.465 e. The molecule has 3 heterocycles. The van der Waals surface area contributed by atoms with Crippen LogP contribution in [0.3, 0.4) is 0 Å². The maximum atomic E-state index is 12.0. The van der Waals surface area contributed by atoms with E-state index >= 15 is 0 Å². The van der Waals surface area contributed by atoms with E-state index in [9.17, 15) is 9.59 Å². The van der Waals surface area contributed by atoms with Gasteiger partial charge in [0.1, 0.15) is 0 Å². The van der Waals surface area contributed by atoms with Crippen molar-refractivity contribution in [2.24, 2.45) is 0 Å². The van der Waals surface area contributed by atoms with E-state index in [0.717, 1.165) is 20.2 Å². The van der Waals surface area contributed by atoms with Crippen LogP contribution in [-0.2, 0) is 25.5 Å². The minimum atomic E-state index is -0.258. The minimum absolute atomic E-state index is 0.0539. The highest BCUT2D eigenvalue weighted by molar-refractivity contribution is 9.13. The molecule has 0 saturated heterocycles. The molecule has 0 radical (unpaired) electrons. The minimum Gasteiger partial charge on any atom is -0.465 e. The summed E-state index contributed by atoms with van der Waals surface area (Å²) in [6, 6.07) is 20.0. The third-order valence-corrected chi connectivity index (χ3v) is 12.7. The normalized spacial score (nSPS) is 9.76. The van der Waals surface area contributed by atoms with Gasteiger partial charge >= 0.3 is 12.1 Å². The second-order valence-corrected chi connectivity index (χ2v) is 13.5. The number of esters is 1. The maximum Gasteiger partial charge on any atom is 0.373 e. The third-order valence-electron chi connectivity index (χ3n) is 5.18. The van der Waals surface area contributed by atoms with Crippen molar-refractivity contribution in [3.05, 3.63) is 100 Å². The van der Waals surface area contributed by atoms with E-state index in [1.165, 1.54) is 41.2 Å². The number of ether oxygens (including phenoxy) is 1. The van der Waals surface area contributed by atoms with E-state index in [0.29, 0.717) is 12.2 Å². The number of carbonyl (C=O) groups excluding carboxylic acids is 4. The summed E-state index contributed by atoms with van der Waals surface area (Å²) in [5.41, 5.74) is 3.49. The Labute approximate surface area is 287 Å². The monoisotopic (exact) mass is 830 g/mol. The fraction of sp³-hybridized carbons (Fsp3) is 0.167. The first-order valence-electron chi connectivity index (χ1n) is 12.3. The van der Waals surface area contributed by atoms with Gasteiger partial charge in [-0.05, 0) is 66.7 Å². The van der Waals surface area contributed by atoms with Crippen LogP contribution in [0.1, 0.15) is 34.0 Å². The number of aryl methyl sites for hydroxylation is 1. The molecule has 5 aromatic rings. The molecule has 0 spiro atoms. The number of thiophene rings is 3. The predicted molar refractivity (Wildman–Crippen MR) is 187 cm³/mol. The molecule has 0 aliphatic carbocycles. The molecular formula is C30H25Br3O5S4. The van der Waals surface area contributed by atoms with Crippen LogP contribution < -0.4 is 0 Å². The number of fused-ring (bicyclic) bond motifs is 1. The summed E-state index contributed by atoms with van der Waals surface area (Å²) in [5.74, 6) is -0.0302. The molecule has 220 valence electrons. The van der Waals surface area contributed by atoms with Gasteiger partial charge in [-0.1, -0.05) is 67.6 Å². The zero-order valence-corrected chi connectivity index (χ0v) is 30.5. The van der Waals surface area contributed by atoms with Gasteiger partial charge in [0, 0.05) is 35.7 Å². The van der Waals surface area contributed by atoms with Crippen LogP contribution in [0.15, 0.2) is 84.8 Å². The van der Waals surface area contributed by atoms with E-state index in [2.05, 4.69) is 108 Å². The van der Waals surface area contributed by atoms with Crippen molar-refractivity contribution in [2.45, 2.75) is 20.3 Å². The first-order chi connectivity index (χ1) is 20.2. The van der Waals surface area contributed by atoms with Crippen molar-refractivity contribution in [2.75, 3.05) is 12.4 Å². The lowest BCUT2D eigenvalue weighted by Crippen LogP contribution is -2.03. The zero-order chi connectivity index (χ0) is 31.1. The lowest BCUT2D eigenvalue weighted by Gasteiger charge is -2.01. The first-order valence-corrected chi connectivity index (χ1v) is 17.8. The molecule has 5 nitrogen and oxygen atoms in total. The highest BCUT2D eigenvalue weighted by atomic mass is 79.9. The quantitative estimate of drug-likeness (QED) is 0.105. The van der Waals surface area contributed by atoms with E-state index < -0.39 is 0 Å². The molecule has 2 aromatic carbocycles. The van der Waals surface area contributed by atoms with Gasteiger partial charge in [0.2, 0.25) is 5.78 Å². The lowest BCUT2D eigenvalue weighted by atomic mass is 10.1. The van der Waals surface area contributed by atoms with Crippen molar-refractivity contribution in [1.82, 2.24) is 0 Å². The fourth-order valence-electron chi connectivity index (χ4n) is 3.44. The summed E-state index contributed by atoms with van der Waals surface area (Å²) in [6.07, 6.45) is 1.35. The number of benzene rings is 2. The summed E-state index contributed by atoms with van der Waals surface area (Å²) < 4.78 is 10.3. The molecule has 5 rings (SSSR count). The van der Waals surface area contributed by atoms with E-state index in [4.69, 9.17) is 9.59 Å². The Balaban J connectivity index is 0.000000226. The summed E-state index contributed by atoms with van der Waals surface area (Å²) in [5, 5.41) is 4.09. The Kier molecular flexibility index (Phi) is 16.8.